The highest BCUT2D eigenvalue weighted by atomic mass is 16.3. The van der Waals surface area contributed by atoms with Gasteiger partial charge in [-0.25, -0.2) is 0 Å². The lowest BCUT2D eigenvalue weighted by atomic mass is 9.95. The Morgan fingerprint density at radius 3 is 3.07 bits per heavy atom. The number of aliphatic hydroxyl groups excluding tert-OH is 1. The summed E-state index contributed by atoms with van der Waals surface area (Å²) in [5.41, 5.74) is 7.15. The van der Waals surface area contributed by atoms with Crippen LogP contribution < -0.4 is 11.1 Å². The third-order valence-corrected chi connectivity index (χ3v) is 2.94. The highest BCUT2D eigenvalue weighted by molar-refractivity contribution is 5.46. The Bertz CT molecular complexity index is 323. The number of aliphatic hydroxyl groups is 1. The Kier molecular flexibility index (Phi) is 3.18. The van der Waals surface area contributed by atoms with Gasteiger partial charge in [-0.15, -0.1) is 0 Å². The molecule has 4 N–H and O–H groups in total. The number of nitrogen functional groups attached to an aromatic ring is 1. The summed E-state index contributed by atoms with van der Waals surface area (Å²) in [6, 6.07) is 1.84. The number of hydrogen-bond donors (Lipinski definition) is 3. The van der Waals surface area contributed by atoms with Gasteiger partial charge < -0.3 is 16.2 Å². The van der Waals surface area contributed by atoms with E-state index in [9.17, 15) is 5.11 Å². The van der Waals surface area contributed by atoms with E-state index in [1.165, 1.54) is 6.42 Å². The van der Waals surface area contributed by atoms with E-state index in [0.717, 1.165) is 24.9 Å². The number of nitrogens with two attached hydrogens (primary N) is 1. The lowest BCUT2D eigenvalue weighted by Crippen LogP contribution is -2.39. The zero-order chi connectivity index (χ0) is 10.7. The number of aromatic nitrogens is 1. The average Bonchev–Trinajstić information content (AvgIpc) is 2.30. The topological polar surface area (TPSA) is 71.2 Å². The summed E-state index contributed by atoms with van der Waals surface area (Å²) in [4.78, 5) is 3.99. The van der Waals surface area contributed by atoms with E-state index in [-0.39, 0.29) is 6.04 Å². The molecule has 15 heavy (non-hydrogen) atoms. The second-order valence-electron chi connectivity index (χ2n) is 4.01. The Balaban J connectivity index is 2.12. The van der Waals surface area contributed by atoms with Gasteiger partial charge in [0.2, 0.25) is 0 Å². The van der Waals surface area contributed by atoms with Crippen molar-refractivity contribution in [3.8, 4) is 0 Å². The van der Waals surface area contributed by atoms with Gasteiger partial charge in [-0.3, -0.25) is 4.98 Å². The van der Waals surface area contributed by atoms with Crippen molar-refractivity contribution in [1.29, 1.82) is 0 Å². The van der Waals surface area contributed by atoms with Gasteiger partial charge in [0.1, 0.15) is 0 Å². The zero-order valence-electron chi connectivity index (χ0n) is 8.69. The van der Waals surface area contributed by atoms with E-state index in [4.69, 9.17) is 5.73 Å². The lowest BCUT2D eigenvalue weighted by molar-refractivity contribution is 0.114. The molecule has 0 bridgehead atoms. The number of nitrogens with zero attached hydrogens (tertiary/aromatic N) is 1. The second-order valence-corrected chi connectivity index (χ2v) is 4.01. The van der Waals surface area contributed by atoms with E-state index in [0.29, 0.717) is 5.69 Å². The third-order valence-electron chi connectivity index (χ3n) is 2.94. The van der Waals surface area contributed by atoms with Crippen LogP contribution in [0.2, 0.25) is 0 Å². The van der Waals surface area contributed by atoms with Crippen LogP contribution in [-0.2, 0) is 0 Å². The molecule has 1 saturated heterocycles. The fourth-order valence-corrected chi connectivity index (χ4v) is 2.03. The van der Waals surface area contributed by atoms with Gasteiger partial charge in [0.05, 0.1) is 6.10 Å². The van der Waals surface area contributed by atoms with Crippen LogP contribution >= 0.6 is 0 Å². The minimum atomic E-state index is -0.543. The number of piperidine rings is 1. The van der Waals surface area contributed by atoms with Crippen molar-refractivity contribution < 1.29 is 5.11 Å². The monoisotopic (exact) mass is 207 g/mol. The summed E-state index contributed by atoms with van der Waals surface area (Å²) >= 11 is 0. The first-order valence-corrected chi connectivity index (χ1v) is 5.40. The molecule has 1 aliphatic heterocycles. The van der Waals surface area contributed by atoms with Gasteiger partial charge in [0, 0.05) is 29.7 Å². The molecule has 0 amide bonds. The molecule has 2 unspecified atom stereocenters. The first kappa shape index (κ1) is 10.4. The van der Waals surface area contributed by atoms with Crippen LogP contribution in [0.25, 0.3) is 0 Å². The zero-order valence-corrected chi connectivity index (χ0v) is 8.69. The maximum atomic E-state index is 10.1. The SMILES string of the molecule is Nc1ccncc1C(O)C1CCCCN1. The van der Waals surface area contributed by atoms with Crippen LogP contribution in [0.4, 0.5) is 5.69 Å². The molecule has 1 aromatic rings. The van der Waals surface area contributed by atoms with Crippen LogP contribution in [0.5, 0.6) is 0 Å². The summed E-state index contributed by atoms with van der Waals surface area (Å²) in [5, 5.41) is 13.5. The molecule has 2 heterocycles. The standard InChI is InChI=1S/C11H17N3O/c12-9-4-6-13-7-8(9)11(15)10-3-1-2-5-14-10/h4,6-7,10-11,14-15H,1-3,5H2,(H2,12,13). The van der Waals surface area contributed by atoms with Gasteiger partial charge in [-0.1, -0.05) is 6.42 Å². The molecule has 0 aromatic carbocycles. The molecule has 82 valence electrons. The van der Waals surface area contributed by atoms with Crippen LogP contribution in [0.3, 0.4) is 0 Å². The average molecular weight is 207 g/mol. The predicted molar refractivity (Wildman–Crippen MR) is 59.3 cm³/mol. The minimum Gasteiger partial charge on any atom is -0.398 e. The molecule has 1 aromatic heterocycles. The smallest absolute Gasteiger partial charge is 0.0977 e. The van der Waals surface area contributed by atoms with Crippen molar-refractivity contribution in [1.82, 2.24) is 10.3 Å². The lowest BCUT2D eigenvalue weighted by Gasteiger charge is -2.28. The molecule has 4 heteroatoms. The van der Waals surface area contributed by atoms with Crippen molar-refractivity contribution in [3.05, 3.63) is 24.0 Å². The van der Waals surface area contributed by atoms with Crippen molar-refractivity contribution in [2.45, 2.75) is 31.4 Å². The largest absolute Gasteiger partial charge is 0.398 e. The predicted octanol–water partition coefficient (Wildman–Crippen LogP) is 0.839. The van der Waals surface area contributed by atoms with E-state index in [1.807, 2.05) is 0 Å². The number of nitrogens with one attached hydrogen (secondary N) is 1. The van der Waals surface area contributed by atoms with Crippen LogP contribution in [-0.4, -0.2) is 22.7 Å². The fraction of sp³-hybridized carbons (Fsp3) is 0.545. The maximum absolute atomic E-state index is 10.1. The van der Waals surface area contributed by atoms with Crippen LogP contribution in [0.1, 0.15) is 30.9 Å². The molecule has 0 radical (unpaired) electrons. The van der Waals surface area contributed by atoms with Crippen molar-refractivity contribution in [2.24, 2.45) is 0 Å². The third kappa shape index (κ3) is 2.27. The molecule has 0 spiro atoms. The van der Waals surface area contributed by atoms with Crippen LogP contribution in [0, 0.1) is 0 Å². The number of rotatable bonds is 2. The van der Waals surface area contributed by atoms with E-state index >= 15 is 0 Å². The molecule has 2 atom stereocenters. The first-order valence-electron chi connectivity index (χ1n) is 5.40. The Morgan fingerprint density at radius 2 is 2.40 bits per heavy atom. The molecule has 0 saturated carbocycles. The summed E-state index contributed by atoms with van der Waals surface area (Å²) in [7, 11) is 0. The summed E-state index contributed by atoms with van der Waals surface area (Å²) in [6.45, 7) is 0.974. The molecule has 0 aliphatic carbocycles. The van der Waals surface area contributed by atoms with Crippen molar-refractivity contribution in [3.63, 3.8) is 0 Å². The number of pyridine rings is 1. The molecule has 1 fully saturated rings. The summed E-state index contributed by atoms with van der Waals surface area (Å²) < 4.78 is 0. The molecular weight excluding hydrogens is 190 g/mol. The quantitative estimate of drug-likeness (QED) is 0.672. The van der Waals surface area contributed by atoms with Gasteiger partial charge in [-0.05, 0) is 25.5 Å². The van der Waals surface area contributed by atoms with Gasteiger partial charge in [-0.2, -0.15) is 0 Å². The molecule has 4 nitrogen and oxygen atoms in total. The normalized spacial score (nSPS) is 23.7. The Labute approximate surface area is 89.5 Å². The highest BCUT2D eigenvalue weighted by Gasteiger charge is 2.23. The van der Waals surface area contributed by atoms with E-state index in [1.54, 1.807) is 18.5 Å². The molecular formula is C11H17N3O. The van der Waals surface area contributed by atoms with E-state index in [2.05, 4.69) is 10.3 Å². The summed E-state index contributed by atoms with van der Waals surface area (Å²) in [6.07, 6.45) is 6.09. The van der Waals surface area contributed by atoms with Gasteiger partial charge >= 0.3 is 0 Å². The molecule has 1 aliphatic rings. The molecule has 2 rings (SSSR count). The fourth-order valence-electron chi connectivity index (χ4n) is 2.03. The van der Waals surface area contributed by atoms with E-state index < -0.39 is 6.10 Å². The van der Waals surface area contributed by atoms with Crippen molar-refractivity contribution in [2.75, 3.05) is 12.3 Å². The Hall–Kier alpha value is -1.13. The number of hydrogen-bond acceptors (Lipinski definition) is 4. The second kappa shape index (κ2) is 4.59. The summed E-state index contributed by atoms with van der Waals surface area (Å²) in [5.74, 6) is 0. The first-order chi connectivity index (χ1) is 7.29. The number of anilines is 1. The van der Waals surface area contributed by atoms with Crippen LogP contribution in [0.15, 0.2) is 18.5 Å². The van der Waals surface area contributed by atoms with Gasteiger partial charge in [0.15, 0.2) is 0 Å². The van der Waals surface area contributed by atoms with Gasteiger partial charge in [0.25, 0.3) is 0 Å². The van der Waals surface area contributed by atoms with Crippen molar-refractivity contribution >= 4 is 5.69 Å². The maximum Gasteiger partial charge on any atom is 0.0977 e. The minimum absolute atomic E-state index is 0.116. The highest BCUT2D eigenvalue weighted by Crippen LogP contribution is 2.25. The Morgan fingerprint density at radius 1 is 1.53 bits per heavy atom.